The van der Waals surface area contributed by atoms with Gasteiger partial charge in [-0.05, 0) is 27.7 Å². The maximum Gasteiger partial charge on any atom is 0.550 e. The van der Waals surface area contributed by atoms with Crippen LogP contribution in [0.2, 0.25) is 0 Å². The lowest BCUT2D eigenvalue weighted by Crippen LogP contribution is -2.28. The first-order valence-corrected chi connectivity index (χ1v) is 5.54. The number of hydrogen-bond donors (Lipinski definition) is 0. The smallest absolute Gasteiger partial charge is 0.398 e. The van der Waals surface area contributed by atoms with Gasteiger partial charge in [0.25, 0.3) is 0 Å². The largest absolute Gasteiger partial charge is 0.550 e. The van der Waals surface area contributed by atoms with E-state index < -0.39 is 7.12 Å². The van der Waals surface area contributed by atoms with E-state index in [4.69, 9.17) is 14.0 Å². The molecule has 0 saturated carbocycles. The molecule has 90 valence electrons. The Balaban J connectivity index is 4.02. The van der Waals surface area contributed by atoms with Crippen LogP contribution in [0.4, 0.5) is 0 Å². The average molecular weight is 224 g/mol. The van der Waals surface area contributed by atoms with Gasteiger partial charge in [0.15, 0.2) is 0 Å². The molecule has 0 N–H and O–H groups in total. The SMILES string of the molecule is C=CCOCC#CB(OC(C)C)OC(C)C. The Morgan fingerprint density at radius 3 is 2.19 bits per heavy atom. The highest BCUT2D eigenvalue weighted by atomic mass is 16.6. The van der Waals surface area contributed by atoms with Crippen LogP contribution in [0.3, 0.4) is 0 Å². The molecule has 0 aromatic carbocycles. The van der Waals surface area contributed by atoms with Gasteiger partial charge in [-0.1, -0.05) is 17.8 Å². The van der Waals surface area contributed by atoms with Crippen LogP contribution in [0.15, 0.2) is 12.7 Å². The quantitative estimate of drug-likeness (QED) is 0.287. The summed E-state index contributed by atoms with van der Waals surface area (Å²) in [6.07, 6.45) is 1.87. The topological polar surface area (TPSA) is 27.7 Å². The summed E-state index contributed by atoms with van der Waals surface area (Å²) >= 11 is 0. The van der Waals surface area contributed by atoms with E-state index in [-0.39, 0.29) is 12.2 Å². The first-order valence-electron chi connectivity index (χ1n) is 5.54. The van der Waals surface area contributed by atoms with E-state index in [1.54, 1.807) is 6.08 Å². The van der Waals surface area contributed by atoms with E-state index in [0.717, 1.165) is 0 Å². The van der Waals surface area contributed by atoms with E-state index in [0.29, 0.717) is 13.2 Å². The lowest BCUT2D eigenvalue weighted by Gasteiger charge is -2.14. The minimum Gasteiger partial charge on any atom is -0.398 e. The van der Waals surface area contributed by atoms with Crippen molar-refractivity contribution >= 4 is 7.12 Å². The second kappa shape index (κ2) is 9.47. The molecule has 0 aliphatic rings. The molecule has 0 saturated heterocycles. The number of ether oxygens (including phenoxy) is 1. The van der Waals surface area contributed by atoms with Crippen molar-refractivity contribution in [2.75, 3.05) is 13.2 Å². The molecule has 0 spiro atoms. The predicted octanol–water partition coefficient (Wildman–Crippen LogP) is 2.07. The molecule has 0 amide bonds. The first kappa shape index (κ1) is 15.2. The molecule has 0 aromatic rings. The molecule has 0 radical (unpaired) electrons. The lowest BCUT2D eigenvalue weighted by molar-refractivity contribution is 0.139. The Morgan fingerprint density at radius 2 is 1.75 bits per heavy atom. The second-order valence-corrected chi connectivity index (χ2v) is 3.83. The third-order valence-corrected chi connectivity index (χ3v) is 1.42. The van der Waals surface area contributed by atoms with Crippen LogP contribution >= 0.6 is 0 Å². The summed E-state index contributed by atoms with van der Waals surface area (Å²) in [6.45, 7) is 12.2. The van der Waals surface area contributed by atoms with E-state index in [2.05, 4.69) is 18.3 Å². The summed E-state index contributed by atoms with van der Waals surface area (Å²) in [5.74, 6) is 5.75. The zero-order valence-corrected chi connectivity index (χ0v) is 10.7. The summed E-state index contributed by atoms with van der Waals surface area (Å²) in [5, 5.41) is 0. The summed E-state index contributed by atoms with van der Waals surface area (Å²) < 4.78 is 16.1. The number of hydrogen-bond acceptors (Lipinski definition) is 3. The maximum atomic E-state index is 5.50. The van der Waals surface area contributed by atoms with Crippen LogP contribution < -0.4 is 0 Å². The molecule has 0 aliphatic heterocycles. The number of rotatable bonds is 7. The van der Waals surface area contributed by atoms with Crippen LogP contribution in [0, 0.1) is 11.7 Å². The van der Waals surface area contributed by atoms with Crippen LogP contribution in [0.1, 0.15) is 27.7 Å². The highest BCUT2D eigenvalue weighted by Crippen LogP contribution is 1.98. The molecular formula is C12H21BO3. The van der Waals surface area contributed by atoms with Gasteiger partial charge in [0, 0.05) is 12.2 Å². The standard InChI is InChI=1S/C12H21BO3/c1-6-9-14-10-7-8-13(15-11(2)3)16-12(4)5/h6,11-12H,1,9-10H2,2-5H3. The van der Waals surface area contributed by atoms with Crippen molar-refractivity contribution in [2.24, 2.45) is 0 Å². The van der Waals surface area contributed by atoms with Gasteiger partial charge in [0.2, 0.25) is 0 Å². The van der Waals surface area contributed by atoms with Crippen molar-refractivity contribution < 1.29 is 14.0 Å². The minimum absolute atomic E-state index is 0.0899. The Hall–Kier alpha value is -0.755. The third-order valence-electron chi connectivity index (χ3n) is 1.42. The molecule has 4 heteroatoms. The van der Waals surface area contributed by atoms with E-state index in [9.17, 15) is 0 Å². The van der Waals surface area contributed by atoms with Gasteiger partial charge in [-0.25, -0.2) is 0 Å². The molecular weight excluding hydrogens is 203 g/mol. The van der Waals surface area contributed by atoms with E-state index >= 15 is 0 Å². The first-order chi connectivity index (χ1) is 7.56. The average Bonchev–Trinajstić information content (AvgIpc) is 2.15. The zero-order valence-electron chi connectivity index (χ0n) is 10.7. The fraction of sp³-hybridized carbons (Fsp3) is 0.667. The zero-order chi connectivity index (χ0) is 12.4. The molecule has 0 aromatic heterocycles. The maximum absolute atomic E-state index is 5.50. The highest BCUT2D eigenvalue weighted by Gasteiger charge is 2.18. The van der Waals surface area contributed by atoms with Gasteiger partial charge >= 0.3 is 7.12 Å². The fourth-order valence-corrected chi connectivity index (χ4v) is 0.913. The second-order valence-electron chi connectivity index (χ2n) is 3.83. The van der Waals surface area contributed by atoms with Crippen LogP contribution in [-0.2, 0) is 14.0 Å². The molecule has 0 rings (SSSR count). The normalized spacial score (nSPS) is 10.1. The van der Waals surface area contributed by atoms with Crippen LogP contribution in [0.5, 0.6) is 0 Å². The van der Waals surface area contributed by atoms with Gasteiger partial charge in [-0.15, -0.1) is 6.58 Å². The Morgan fingerprint density at radius 1 is 1.19 bits per heavy atom. The molecule has 0 atom stereocenters. The molecule has 0 aliphatic carbocycles. The summed E-state index contributed by atoms with van der Waals surface area (Å²) in [6, 6.07) is 0. The lowest BCUT2D eigenvalue weighted by atomic mass is 9.90. The van der Waals surface area contributed by atoms with Gasteiger partial charge in [-0.2, -0.15) is 0 Å². The summed E-state index contributed by atoms with van der Waals surface area (Å²) in [4.78, 5) is 0. The van der Waals surface area contributed by atoms with Gasteiger partial charge in [-0.3, -0.25) is 0 Å². The summed E-state index contributed by atoms with van der Waals surface area (Å²) in [5.41, 5.74) is 0. The Kier molecular flexibility index (Phi) is 9.02. The third kappa shape index (κ3) is 9.79. The molecule has 3 nitrogen and oxygen atoms in total. The fourth-order valence-electron chi connectivity index (χ4n) is 0.913. The van der Waals surface area contributed by atoms with Crippen LogP contribution in [-0.4, -0.2) is 32.5 Å². The monoisotopic (exact) mass is 224 g/mol. The van der Waals surface area contributed by atoms with Crippen molar-refractivity contribution in [1.82, 2.24) is 0 Å². The van der Waals surface area contributed by atoms with Crippen molar-refractivity contribution in [1.29, 1.82) is 0 Å². The molecule has 0 heterocycles. The van der Waals surface area contributed by atoms with Crippen molar-refractivity contribution in [3.8, 4) is 11.7 Å². The molecule has 0 unspecified atom stereocenters. The van der Waals surface area contributed by atoms with Gasteiger partial charge in [0.1, 0.15) is 6.61 Å². The summed E-state index contributed by atoms with van der Waals surface area (Å²) in [7, 11) is -0.479. The van der Waals surface area contributed by atoms with Crippen molar-refractivity contribution in [2.45, 2.75) is 39.9 Å². The van der Waals surface area contributed by atoms with E-state index in [1.165, 1.54) is 0 Å². The Bertz CT molecular complexity index is 230. The minimum atomic E-state index is -0.479. The van der Waals surface area contributed by atoms with Gasteiger partial charge in [0.05, 0.1) is 6.61 Å². The molecule has 0 fully saturated rings. The van der Waals surface area contributed by atoms with Crippen molar-refractivity contribution in [3.63, 3.8) is 0 Å². The highest BCUT2D eigenvalue weighted by molar-refractivity contribution is 6.54. The van der Waals surface area contributed by atoms with Crippen molar-refractivity contribution in [3.05, 3.63) is 12.7 Å². The molecule has 16 heavy (non-hydrogen) atoms. The van der Waals surface area contributed by atoms with E-state index in [1.807, 2.05) is 27.7 Å². The molecule has 0 bridgehead atoms. The Labute approximate surface area is 99.3 Å². The van der Waals surface area contributed by atoms with Crippen LogP contribution in [0.25, 0.3) is 0 Å². The van der Waals surface area contributed by atoms with Gasteiger partial charge < -0.3 is 14.0 Å². The predicted molar refractivity (Wildman–Crippen MR) is 67.0 cm³/mol.